The second kappa shape index (κ2) is 11.8. The van der Waals surface area contributed by atoms with Gasteiger partial charge in [0.25, 0.3) is 0 Å². The van der Waals surface area contributed by atoms with Gasteiger partial charge < -0.3 is 10.1 Å². The average molecular weight is 481 g/mol. The van der Waals surface area contributed by atoms with Crippen LogP contribution in [0.3, 0.4) is 0 Å². The molecule has 0 bridgehead atoms. The fraction of sp³-hybridized carbons (Fsp3) is 0.182. The van der Waals surface area contributed by atoms with E-state index in [0.717, 1.165) is 31.8 Å². The summed E-state index contributed by atoms with van der Waals surface area (Å²) in [5.41, 5.74) is 5.15. The Morgan fingerprint density at radius 3 is 2.67 bits per heavy atom. The van der Waals surface area contributed by atoms with E-state index in [1.165, 1.54) is 17.6 Å². The molecule has 3 aromatic rings. The number of methoxy groups -OCH3 is 1. The topological polar surface area (TPSA) is 129 Å². The molecule has 2 amide bonds. The molecule has 2 N–H and O–H groups in total. The molecule has 9 nitrogen and oxygen atoms in total. The normalized spacial score (nSPS) is 10.6. The van der Waals surface area contributed by atoms with Crippen LogP contribution in [0.4, 0.5) is 5.69 Å². The van der Waals surface area contributed by atoms with Crippen molar-refractivity contribution in [2.45, 2.75) is 23.4 Å². The number of hydrazone groups is 1. The Hall–Kier alpha value is -3.75. The number of rotatable bonds is 8. The number of anilines is 1. The van der Waals surface area contributed by atoms with Gasteiger partial charge >= 0.3 is 11.8 Å². The number of aromatic nitrogens is 2. The van der Waals surface area contributed by atoms with Crippen LogP contribution in [-0.4, -0.2) is 35.3 Å². The van der Waals surface area contributed by atoms with Crippen molar-refractivity contribution in [1.29, 1.82) is 5.26 Å². The van der Waals surface area contributed by atoms with Crippen LogP contribution < -0.4 is 15.5 Å². The number of thioether (sulfide) groups is 1. The van der Waals surface area contributed by atoms with Gasteiger partial charge in [0, 0.05) is 17.0 Å². The summed E-state index contributed by atoms with van der Waals surface area (Å²) < 4.78 is 6.28. The molecule has 0 aliphatic rings. The van der Waals surface area contributed by atoms with Crippen LogP contribution in [-0.2, 0) is 21.8 Å². The number of aryl methyl sites for hydroxylation is 1. The maximum absolute atomic E-state index is 12.0. The highest BCUT2D eigenvalue weighted by Crippen LogP contribution is 2.30. The predicted octanol–water partition coefficient (Wildman–Crippen LogP) is 3.30. The van der Waals surface area contributed by atoms with E-state index in [2.05, 4.69) is 26.0 Å². The van der Waals surface area contributed by atoms with Crippen molar-refractivity contribution in [1.82, 2.24) is 15.6 Å². The number of amides is 2. The van der Waals surface area contributed by atoms with Crippen molar-refractivity contribution in [2.75, 3.05) is 12.4 Å². The second-order valence-electron chi connectivity index (χ2n) is 6.63. The Labute approximate surface area is 198 Å². The number of hydrogen-bond acceptors (Lipinski definition) is 9. The van der Waals surface area contributed by atoms with Crippen molar-refractivity contribution in [3.8, 4) is 11.8 Å². The third kappa shape index (κ3) is 7.13. The molecule has 3 rings (SSSR count). The Morgan fingerprint density at radius 2 is 2.00 bits per heavy atom. The minimum Gasteiger partial charge on any atom is -0.496 e. The SMILES string of the molecule is COc1ccc(C=NNC(=O)C(=O)Nc2ccc(CC#N)cc2)cc1CSc1nnc(C)s1. The summed E-state index contributed by atoms with van der Waals surface area (Å²) in [5.74, 6) is -0.394. The quantitative estimate of drug-likeness (QED) is 0.219. The Kier molecular flexibility index (Phi) is 8.51. The first-order chi connectivity index (χ1) is 16.0. The Bertz CT molecular complexity index is 1200. The molecule has 0 spiro atoms. The summed E-state index contributed by atoms with van der Waals surface area (Å²) in [7, 11) is 1.60. The minimum atomic E-state index is -0.900. The molecule has 1 aromatic heterocycles. The van der Waals surface area contributed by atoms with Crippen molar-refractivity contribution < 1.29 is 14.3 Å². The standard InChI is InChI=1S/C22H20N6O3S2/c1-14-26-28-22(33-14)32-13-17-11-16(5-8-19(17)31-2)12-24-27-21(30)20(29)25-18-6-3-15(4-7-18)9-10-23/h3-8,11-12H,9,13H2,1-2H3,(H,25,29)(H,27,30). The average Bonchev–Trinajstić information content (AvgIpc) is 3.24. The molecular weight excluding hydrogens is 460 g/mol. The summed E-state index contributed by atoms with van der Waals surface area (Å²) >= 11 is 3.07. The largest absolute Gasteiger partial charge is 0.496 e. The molecule has 0 radical (unpaired) electrons. The first-order valence-corrected chi connectivity index (χ1v) is 11.5. The van der Waals surface area contributed by atoms with Gasteiger partial charge in [0.1, 0.15) is 10.8 Å². The number of benzene rings is 2. The van der Waals surface area contributed by atoms with Gasteiger partial charge in [-0.05, 0) is 48.4 Å². The maximum atomic E-state index is 12.0. The zero-order valence-corrected chi connectivity index (χ0v) is 19.5. The summed E-state index contributed by atoms with van der Waals surface area (Å²) in [6.07, 6.45) is 1.72. The third-order valence-corrected chi connectivity index (χ3v) is 6.26. The van der Waals surface area contributed by atoms with Crippen molar-refractivity contribution in [2.24, 2.45) is 5.10 Å². The molecule has 0 saturated carbocycles. The molecule has 0 fully saturated rings. The summed E-state index contributed by atoms with van der Waals surface area (Å²) in [6.45, 7) is 1.90. The Morgan fingerprint density at radius 1 is 1.21 bits per heavy atom. The molecule has 1 heterocycles. The molecule has 0 unspecified atom stereocenters. The smallest absolute Gasteiger partial charge is 0.329 e. The van der Waals surface area contributed by atoms with E-state index in [4.69, 9.17) is 10.00 Å². The van der Waals surface area contributed by atoms with E-state index in [9.17, 15) is 9.59 Å². The van der Waals surface area contributed by atoms with E-state index < -0.39 is 11.8 Å². The molecular formula is C22H20N6O3S2. The third-order valence-electron chi connectivity index (χ3n) is 4.24. The number of nitriles is 1. The van der Waals surface area contributed by atoms with Gasteiger partial charge in [-0.15, -0.1) is 10.2 Å². The van der Waals surface area contributed by atoms with E-state index >= 15 is 0 Å². The van der Waals surface area contributed by atoms with Crippen LogP contribution in [0.15, 0.2) is 51.9 Å². The van der Waals surface area contributed by atoms with Crippen molar-refractivity contribution in [3.05, 3.63) is 64.2 Å². The molecule has 0 saturated heterocycles. The number of hydrogen-bond donors (Lipinski definition) is 2. The van der Waals surface area contributed by atoms with Crippen LogP contribution in [0, 0.1) is 18.3 Å². The van der Waals surface area contributed by atoms with Crippen LogP contribution in [0.1, 0.15) is 21.7 Å². The number of carbonyl (C=O) groups excluding carboxylic acids is 2. The van der Waals surface area contributed by atoms with Gasteiger partial charge in [-0.25, -0.2) is 5.43 Å². The zero-order chi connectivity index (χ0) is 23.6. The number of ether oxygens (including phenoxy) is 1. The highest BCUT2D eigenvalue weighted by molar-refractivity contribution is 8.00. The van der Waals surface area contributed by atoms with Gasteiger partial charge in [-0.2, -0.15) is 10.4 Å². The van der Waals surface area contributed by atoms with Crippen LogP contribution in [0.25, 0.3) is 0 Å². The Balaban J connectivity index is 1.56. The molecule has 2 aromatic carbocycles. The number of nitrogens with one attached hydrogen (secondary N) is 2. The summed E-state index contributed by atoms with van der Waals surface area (Å²) in [5, 5.41) is 24.1. The summed E-state index contributed by atoms with van der Waals surface area (Å²) in [4.78, 5) is 24.1. The van der Waals surface area contributed by atoms with E-state index in [1.807, 2.05) is 25.1 Å². The lowest BCUT2D eigenvalue weighted by Gasteiger charge is -2.08. The van der Waals surface area contributed by atoms with Crippen LogP contribution >= 0.6 is 23.1 Å². The summed E-state index contributed by atoms with van der Waals surface area (Å²) in [6, 6.07) is 14.2. The van der Waals surface area contributed by atoms with E-state index in [0.29, 0.717) is 11.4 Å². The van der Waals surface area contributed by atoms with Crippen LogP contribution in [0.2, 0.25) is 0 Å². The molecule has 0 atom stereocenters. The zero-order valence-electron chi connectivity index (χ0n) is 17.9. The fourth-order valence-corrected chi connectivity index (χ4v) is 4.46. The first kappa shape index (κ1) is 23.9. The van der Waals surface area contributed by atoms with Gasteiger partial charge in [0.05, 0.1) is 25.8 Å². The highest BCUT2D eigenvalue weighted by Gasteiger charge is 2.13. The van der Waals surface area contributed by atoms with Gasteiger partial charge in [0.15, 0.2) is 4.34 Å². The maximum Gasteiger partial charge on any atom is 0.329 e. The highest BCUT2D eigenvalue weighted by atomic mass is 32.2. The van der Waals surface area contributed by atoms with Crippen LogP contribution in [0.5, 0.6) is 5.75 Å². The lowest BCUT2D eigenvalue weighted by atomic mass is 10.1. The molecule has 33 heavy (non-hydrogen) atoms. The van der Waals surface area contributed by atoms with Gasteiger partial charge in [0.2, 0.25) is 0 Å². The predicted molar refractivity (Wildman–Crippen MR) is 127 cm³/mol. The molecule has 11 heteroatoms. The lowest BCUT2D eigenvalue weighted by Crippen LogP contribution is -2.32. The fourth-order valence-electron chi connectivity index (χ4n) is 2.67. The monoisotopic (exact) mass is 480 g/mol. The van der Waals surface area contributed by atoms with E-state index in [-0.39, 0.29) is 6.42 Å². The molecule has 0 aliphatic carbocycles. The van der Waals surface area contributed by atoms with Gasteiger partial charge in [-0.1, -0.05) is 35.2 Å². The van der Waals surface area contributed by atoms with Crippen molar-refractivity contribution >= 4 is 46.8 Å². The minimum absolute atomic E-state index is 0.275. The lowest BCUT2D eigenvalue weighted by molar-refractivity contribution is -0.136. The van der Waals surface area contributed by atoms with E-state index in [1.54, 1.807) is 49.2 Å². The van der Waals surface area contributed by atoms with Gasteiger partial charge in [-0.3, -0.25) is 9.59 Å². The molecule has 0 aliphatic heterocycles. The first-order valence-electron chi connectivity index (χ1n) is 9.68. The van der Waals surface area contributed by atoms with Crippen molar-refractivity contribution in [3.63, 3.8) is 0 Å². The number of carbonyl (C=O) groups is 2. The second-order valence-corrected chi connectivity index (χ2v) is 9.04. The molecule has 168 valence electrons. The number of nitrogens with zero attached hydrogens (tertiary/aromatic N) is 4.